The zero-order valence-electron chi connectivity index (χ0n) is 8.75. The highest BCUT2D eigenvalue weighted by molar-refractivity contribution is 6.15. The summed E-state index contributed by atoms with van der Waals surface area (Å²) < 4.78 is 0. The van der Waals surface area contributed by atoms with Crippen LogP contribution in [0, 0.1) is 0 Å². The van der Waals surface area contributed by atoms with Crippen molar-refractivity contribution in [3.05, 3.63) is 28.8 Å². The van der Waals surface area contributed by atoms with Crippen molar-refractivity contribution in [2.45, 2.75) is 12.5 Å². The largest absolute Gasteiger partial charge is 0.508 e. The first-order valence-electron chi connectivity index (χ1n) is 4.92. The second-order valence-electron chi connectivity index (χ2n) is 3.75. The van der Waals surface area contributed by atoms with E-state index < -0.39 is 17.9 Å². The molecule has 1 aromatic carbocycles. The summed E-state index contributed by atoms with van der Waals surface area (Å²) in [4.78, 5) is 25.9. The molecule has 0 fully saturated rings. The van der Waals surface area contributed by atoms with Gasteiger partial charge in [0.1, 0.15) is 11.8 Å². The lowest BCUT2D eigenvalue weighted by Crippen LogP contribution is -2.32. The van der Waals surface area contributed by atoms with Crippen molar-refractivity contribution in [2.24, 2.45) is 10.7 Å². The first-order chi connectivity index (χ1) is 7.99. The number of hydrogen-bond acceptors (Lipinski definition) is 4. The molecule has 0 aromatic heterocycles. The minimum atomic E-state index is -1.17. The van der Waals surface area contributed by atoms with Gasteiger partial charge >= 0.3 is 5.97 Å². The van der Waals surface area contributed by atoms with Gasteiger partial charge in [-0.05, 0) is 12.1 Å². The van der Waals surface area contributed by atoms with Crippen LogP contribution in [0.5, 0.6) is 5.75 Å². The van der Waals surface area contributed by atoms with Gasteiger partial charge in [-0.3, -0.25) is 9.59 Å². The molecule has 0 spiro atoms. The van der Waals surface area contributed by atoms with E-state index in [1.807, 2.05) is 0 Å². The molecule has 1 aliphatic rings. The molecule has 1 aromatic rings. The zero-order valence-corrected chi connectivity index (χ0v) is 8.75. The van der Waals surface area contributed by atoms with Crippen LogP contribution in [0.3, 0.4) is 0 Å². The number of phenolic OH excluding ortho intramolecular Hbond substituents is 1. The van der Waals surface area contributed by atoms with Gasteiger partial charge in [0.05, 0.1) is 5.36 Å². The Balaban J connectivity index is 2.50. The lowest BCUT2D eigenvalue weighted by atomic mass is 10.0. The maximum atomic E-state index is 11.6. The van der Waals surface area contributed by atoms with Crippen LogP contribution in [0.25, 0.3) is 5.57 Å². The second kappa shape index (κ2) is 3.99. The molecule has 1 heterocycles. The Labute approximate surface area is 95.7 Å². The van der Waals surface area contributed by atoms with Crippen molar-refractivity contribution in [1.82, 2.24) is 0 Å². The molecule has 0 aliphatic carbocycles. The van der Waals surface area contributed by atoms with Gasteiger partial charge in [-0.25, -0.2) is 4.99 Å². The predicted molar refractivity (Wildman–Crippen MR) is 57.5 cm³/mol. The smallest absolute Gasteiger partial charge is 0.320 e. The molecule has 0 bridgehead atoms. The Morgan fingerprint density at radius 2 is 2.18 bits per heavy atom. The van der Waals surface area contributed by atoms with Gasteiger partial charge in [0.25, 0.3) is 5.91 Å². The third-order valence-electron chi connectivity index (χ3n) is 2.53. The number of benzene rings is 1. The van der Waals surface area contributed by atoms with E-state index in [4.69, 9.17) is 10.8 Å². The number of amides is 1. The molecule has 1 atom stereocenters. The molecule has 0 unspecified atom stereocenters. The number of aliphatic carboxylic acids is 1. The van der Waals surface area contributed by atoms with Gasteiger partial charge in [0.15, 0.2) is 0 Å². The molecular formula is C11H10N2O4. The summed E-state index contributed by atoms with van der Waals surface area (Å²) in [6, 6.07) is 3.17. The summed E-state index contributed by atoms with van der Waals surface area (Å²) >= 11 is 0. The molecule has 4 N–H and O–H groups in total. The van der Waals surface area contributed by atoms with Crippen LogP contribution in [0.4, 0.5) is 0 Å². The molecule has 6 heteroatoms. The number of fused-ring (bicyclic) bond motifs is 1. The third kappa shape index (κ3) is 2.02. The number of nitrogens with zero attached hydrogens (tertiary/aromatic N) is 1. The van der Waals surface area contributed by atoms with E-state index in [1.165, 1.54) is 18.2 Å². The van der Waals surface area contributed by atoms with E-state index in [9.17, 15) is 14.7 Å². The number of nitrogens with two attached hydrogens (primary N) is 1. The van der Waals surface area contributed by atoms with Crippen molar-refractivity contribution in [2.75, 3.05) is 0 Å². The Morgan fingerprint density at radius 3 is 2.82 bits per heavy atom. The average molecular weight is 234 g/mol. The number of carboxylic acid groups (broad SMARTS) is 1. The maximum Gasteiger partial charge on any atom is 0.320 e. The summed E-state index contributed by atoms with van der Waals surface area (Å²) in [5, 5.41) is 18.8. The van der Waals surface area contributed by atoms with Crippen molar-refractivity contribution < 1.29 is 19.8 Å². The number of rotatable bonds is 3. The molecular weight excluding hydrogens is 224 g/mol. The van der Waals surface area contributed by atoms with Crippen LogP contribution in [0.1, 0.15) is 6.42 Å². The molecule has 88 valence electrons. The lowest BCUT2D eigenvalue weighted by Gasteiger charge is -2.05. The maximum absolute atomic E-state index is 11.6. The van der Waals surface area contributed by atoms with Gasteiger partial charge in [-0.1, -0.05) is 0 Å². The first kappa shape index (κ1) is 11.3. The van der Waals surface area contributed by atoms with Crippen molar-refractivity contribution in [3.8, 4) is 5.75 Å². The fraction of sp³-hybridized carbons (Fsp3) is 0.182. The standard InChI is InChI=1S/C11H10N2O4/c12-8(11(16)17)4-7-6-2-1-5(14)3-9(6)13-10(7)15/h1-3,8,14H,4,12H2,(H,16,17)/t8-/m0/s1. The molecule has 1 aliphatic heterocycles. The highest BCUT2D eigenvalue weighted by atomic mass is 16.4. The summed E-state index contributed by atoms with van der Waals surface area (Å²) in [6.45, 7) is 0. The molecule has 17 heavy (non-hydrogen) atoms. The quantitative estimate of drug-likeness (QED) is 0.589. The van der Waals surface area contributed by atoms with Crippen molar-refractivity contribution in [1.29, 1.82) is 0 Å². The summed E-state index contributed by atoms with van der Waals surface area (Å²) in [5.74, 6) is -1.66. The predicted octanol–water partition coefficient (Wildman–Crippen LogP) is -1.50. The van der Waals surface area contributed by atoms with E-state index in [0.29, 0.717) is 10.6 Å². The number of carboxylic acids is 1. The van der Waals surface area contributed by atoms with Gasteiger partial charge < -0.3 is 15.9 Å². The Bertz CT molecular complexity index is 621. The third-order valence-corrected chi connectivity index (χ3v) is 2.53. The van der Waals surface area contributed by atoms with Gasteiger partial charge in [0.2, 0.25) is 0 Å². The fourth-order valence-electron chi connectivity index (χ4n) is 1.66. The number of aromatic hydroxyl groups is 1. The van der Waals surface area contributed by atoms with Gasteiger partial charge in [-0.2, -0.15) is 0 Å². The minimum absolute atomic E-state index is 0.00378. The van der Waals surface area contributed by atoms with Gasteiger partial charge in [-0.15, -0.1) is 0 Å². The molecule has 0 saturated heterocycles. The number of carbonyl (C=O) groups excluding carboxylic acids is 1. The molecule has 2 rings (SSSR count). The molecule has 1 amide bonds. The Hall–Kier alpha value is -2.21. The van der Waals surface area contributed by atoms with E-state index in [1.54, 1.807) is 0 Å². The van der Waals surface area contributed by atoms with Crippen LogP contribution in [-0.2, 0) is 9.59 Å². The molecule has 0 saturated carbocycles. The van der Waals surface area contributed by atoms with Gasteiger partial charge in [0, 0.05) is 23.3 Å². The van der Waals surface area contributed by atoms with Crippen LogP contribution in [0.2, 0.25) is 0 Å². The normalized spacial score (nSPS) is 15.4. The SMILES string of the molecule is N[C@@H](CC1=c2ccc(O)cc2=NC1=O)C(=O)O. The topological polar surface area (TPSA) is 113 Å². The number of carbonyl (C=O) groups is 2. The average Bonchev–Trinajstić information content (AvgIpc) is 2.54. The van der Waals surface area contributed by atoms with E-state index in [0.717, 1.165) is 0 Å². The monoisotopic (exact) mass is 234 g/mol. The van der Waals surface area contributed by atoms with E-state index in [2.05, 4.69) is 4.99 Å². The van der Waals surface area contributed by atoms with E-state index in [-0.39, 0.29) is 17.7 Å². The number of phenols is 1. The van der Waals surface area contributed by atoms with Crippen molar-refractivity contribution in [3.63, 3.8) is 0 Å². The Kier molecular flexibility index (Phi) is 2.64. The van der Waals surface area contributed by atoms with Crippen LogP contribution in [-0.4, -0.2) is 28.1 Å². The highest BCUT2D eigenvalue weighted by Gasteiger charge is 2.22. The number of hydrogen-bond donors (Lipinski definition) is 3. The second-order valence-corrected chi connectivity index (χ2v) is 3.75. The minimum Gasteiger partial charge on any atom is -0.508 e. The summed E-state index contributed by atoms with van der Waals surface area (Å²) in [7, 11) is 0. The van der Waals surface area contributed by atoms with Crippen LogP contribution >= 0.6 is 0 Å². The summed E-state index contributed by atoms with van der Waals surface area (Å²) in [6.07, 6.45) is -0.0740. The van der Waals surface area contributed by atoms with Crippen molar-refractivity contribution >= 4 is 17.4 Å². The lowest BCUT2D eigenvalue weighted by molar-refractivity contribution is -0.138. The Morgan fingerprint density at radius 1 is 1.47 bits per heavy atom. The van der Waals surface area contributed by atoms with Crippen LogP contribution in [0.15, 0.2) is 23.2 Å². The molecule has 6 nitrogen and oxygen atoms in total. The molecule has 0 radical (unpaired) electrons. The summed E-state index contributed by atoms with van der Waals surface area (Å²) in [5.41, 5.74) is 5.65. The van der Waals surface area contributed by atoms with E-state index >= 15 is 0 Å². The van der Waals surface area contributed by atoms with Crippen LogP contribution < -0.4 is 16.3 Å². The highest BCUT2D eigenvalue weighted by Crippen LogP contribution is 2.10. The fourth-order valence-corrected chi connectivity index (χ4v) is 1.66. The zero-order chi connectivity index (χ0) is 12.6. The first-order valence-corrected chi connectivity index (χ1v) is 4.92.